The normalized spacial score (nSPS) is 15.2. The summed E-state index contributed by atoms with van der Waals surface area (Å²) in [6, 6.07) is 0.332. The predicted octanol–water partition coefficient (Wildman–Crippen LogP) is 2.91. The Hall–Kier alpha value is -0.450. The van der Waals surface area contributed by atoms with Gasteiger partial charge in [0, 0.05) is 18.5 Å². The average molecular weight is 228 g/mol. The van der Waals surface area contributed by atoms with Crippen molar-refractivity contribution < 1.29 is 4.74 Å². The molecule has 1 rings (SSSR count). The van der Waals surface area contributed by atoms with Crippen LogP contribution in [0.15, 0.2) is 5.38 Å². The van der Waals surface area contributed by atoms with Gasteiger partial charge in [-0.2, -0.15) is 0 Å². The molecule has 1 aromatic rings. The number of aromatic nitrogens is 1. The summed E-state index contributed by atoms with van der Waals surface area (Å²) in [6.07, 6.45) is 1.25. The van der Waals surface area contributed by atoms with E-state index in [9.17, 15) is 0 Å². The van der Waals surface area contributed by atoms with Crippen LogP contribution in [-0.4, -0.2) is 18.6 Å². The van der Waals surface area contributed by atoms with Gasteiger partial charge in [0.15, 0.2) is 0 Å². The quantitative estimate of drug-likeness (QED) is 0.813. The fourth-order valence-electron chi connectivity index (χ4n) is 1.25. The molecule has 0 bridgehead atoms. The highest BCUT2D eigenvalue weighted by molar-refractivity contribution is 7.09. The zero-order valence-corrected chi connectivity index (χ0v) is 10.7. The summed E-state index contributed by atoms with van der Waals surface area (Å²) in [5, 5.41) is 6.58. The lowest BCUT2D eigenvalue weighted by atomic mass is 10.2. The summed E-state index contributed by atoms with van der Waals surface area (Å²) in [6.45, 7) is 7.37. The molecule has 4 heteroatoms. The van der Waals surface area contributed by atoms with E-state index in [1.165, 1.54) is 0 Å². The topological polar surface area (TPSA) is 34.1 Å². The summed E-state index contributed by atoms with van der Waals surface area (Å²) < 4.78 is 5.24. The molecule has 1 aromatic heterocycles. The number of methoxy groups -OCH3 is 1. The molecule has 0 aliphatic rings. The number of hydrogen-bond donors (Lipinski definition) is 1. The summed E-state index contributed by atoms with van der Waals surface area (Å²) in [5.74, 6) is 0. The first kappa shape index (κ1) is 12.6. The molecule has 0 aliphatic carbocycles. The van der Waals surface area contributed by atoms with Crippen LogP contribution in [0.2, 0.25) is 0 Å². The van der Waals surface area contributed by atoms with E-state index in [0.717, 1.165) is 23.7 Å². The maximum Gasteiger partial charge on any atom is 0.122 e. The van der Waals surface area contributed by atoms with Crippen molar-refractivity contribution >= 4 is 11.3 Å². The molecule has 0 amide bonds. The zero-order chi connectivity index (χ0) is 11.3. The molecule has 0 saturated heterocycles. The fraction of sp³-hybridized carbons (Fsp3) is 0.727. The SMILES string of the molecule is CCCNC(C)c1csc(C(C)OC)n1. The molecule has 1 N–H and O–H groups in total. The average Bonchev–Trinajstić information content (AvgIpc) is 2.74. The molecule has 0 aromatic carbocycles. The Kier molecular flexibility index (Phi) is 5.22. The largest absolute Gasteiger partial charge is 0.375 e. The first-order valence-corrected chi connectivity index (χ1v) is 6.28. The van der Waals surface area contributed by atoms with Gasteiger partial charge in [0.05, 0.1) is 5.69 Å². The van der Waals surface area contributed by atoms with Crippen molar-refractivity contribution in [2.75, 3.05) is 13.7 Å². The van der Waals surface area contributed by atoms with Crippen LogP contribution in [-0.2, 0) is 4.74 Å². The first-order chi connectivity index (χ1) is 7.19. The Morgan fingerprint density at radius 3 is 2.87 bits per heavy atom. The van der Waals surface area contributed by atoms with Gasteiger partial charge in [-0.25, -0.2) is 4.98 Å². The first-order valence-electron chi connectivity index (χ1n) is 5.40. The van der Waals surface area contributed by atoms with Crippen molar-refractivity contribution in [1.29, 1.82) is 0 Å². The van der Waals surface area contributed by atoms with E-state index in [4.69, 9.17) is 4.74 Å². The van der Waals surface area contributed by atoms with Crippen molar-refractivity contribution in [2.45, 2.75) is 39.3 Å². The van der Waals surface area contributed by atoms with E-state index in [1.54, 1.807) is 18.4 Å². The molecule has 2 atom stereocenters. The highest BCUT2D eigenvalue weighted by atomic mass is 32.1. The summed E-state index contributed by atoms with van der Waals surface area (Å²) in [7, 11) is 1.71. The van der Waals surface area contributed by atoms with Gasteiger partial charge in [-0.1, -0.05) is 6.92 Å². The second kappa shape index (κ2) is 6.20. The Morgan fingerprint density at radius 2 is 2.27 bits per heavy atom. The second-order valence-corrected chi connectivity index (χ2v) is 4.55. The van der Waals surface area contributed by atoms with Crippen molar-refractivity contribution in [3.8, 4) is 0 Å². The molecule has 0 radical (unpaired) electrons. The lowest BCUT2D eigenvalue weighted by molar-refractivity contribution is 0.119. The van der Waals surface area contributed by atoms with Gasteiger partial charge in [-0.05, 0) is 26.8 Å². The minimum absolute atomic E-state index is 0.0992. The van der Waals surface area contributed by atoms with E-state index in [2.05, 4.69) is 29.5 Å². The number of hydrogen-bond acceptors (Lipinski definition) is 4. The lowest BCUT2D eigenvalue weighted by Gasteiger charge is -2.10. The van der Waals surface area contributed by atoms with Gasteiger partial charge in [0.25, 0.3) is 0 Å². The highest BCUT2D eigenvalue weighted by Crippen LogP contribution is 2.23. The van der Waals surface area contributed by atoms with E-state index in [1.807, 2.05) is 6.92 Å². The maximum atomic E-state index is 5.24. The number of nitrogens with zero attached hydrogens (tertiary/aromatic N) is 1. The molecule has 2 unspecified atom stereocenters. The molecule has 3 nitrogen and oxygen atoms in total. The molecule has 0 fully saturated rings. The van der Waals surface area contributed by atoms with Crippen LogP contribution in [0, 0.1) is 0 Å². The van der Waals surface area contributed by atoms with Crippen LogP contribution in [0.4, 0.5) is 0 Å². The Balaban J connectivity index is 2.58. The fourth-order valence-corrected chi connectivity index (χ4v) is 2.20. The summed E-state index contributed by atoms with van der Waals surface area (Å²) in [4.78, 5) is 4.56. The summed E-state index contributed by atoms with van der Waals surface area (Å²) >= 11 is 1.67. The Labute approximate surface area is 95.9 Å². The molecule has 15 heavy (non-hydrogen) atoms. The molecule has 1 heterocycles. The number of thiazole rings is 1. The van der Waals surface area contributed by atoms with Gasteiger partial charge < -0.3 is 10.1 Å². The van der Waals surface area contributed by atoms with Crippen LogP contribution >= 0.6 is 11.3 Å². The van der Waals surface area contributed by atoms with E-state index >= 15 is 0 Å². The Bertz CT molecular complexity index is 288. The minimum Gasteiger partial charge on any atom is -0.375 e. The predicted molar refractivity (Wildman–Crippen MR) is 64.2 cm³/mol. The molecule has 86 valence electrons. The van der Waals surface area contributed by atoms with Gasteiger partial charge in [0.1, 0.15) is 11.1 Å². The molecule has 0 aliphatic heterocycles. The Morgan fingerprint density at radius 1 is 1.53 bits per heavy atom. The van der Waals surface area contributed by atoms with Gasteiger partial charge in [-0.3, -0.25) is 0 Å². The third-order valence-corrected chi connectivity index (χ3v) is 3.41. The van der Waals surface area contributed by atoms with Crippen molar-refractivity contribution in [2.24, 2.45) is 0 Å². The standard InChI is InChI=1S/C11H20N2OS/c1-5-6-12-8(2)10-7-15-11(13-10)9(3)14-4/h7-9,12H,5-6H2,1-4H3. The molecular weight excluding hydrogens is 208 g/mol. The van der Waals surface area contributed by atoms with Crippen LogP contribution < -0.4 is 5.32 Å². The number of ether oxygens (including phenoxy) is 1. The molecular formula is C11H20N2OS. The van der Waals surface area contributed by atoms with E-state index in [0.29, 0.717) is 6.04 Å². The van der Waals surface area contributed by atoms with Gasteiger partial charge in [0.2, 0.25) is 0 Å². The maximum absolute atomic E-state index is 5.24. The zero-order valence-electron chi connectivity index (χ0n) is 9.91. The van der Waals surface area contributed by atoms with Crippen LogP contribution in [0.25, 0.3) is 0 Å². The lowest BCUT2D eigenvalue weighted by Crippen LogP contribution is -2.19. The van der Waals surface area contributed by atoms with E-state index < -0.39 is 0 Å². The van der Waals surface area contributed by atoms with Crippen LogP contribution in [0.5, 0.6) is 0 Å². The molecule has 0 spiro atoms. The van der Waals surface area contributed by atoms with Crippen LogP contribution in [0.3, 0.4) is 0 Å². The monoisotopic (exact) mass is 228 g/mol. The van der Waals surface area contributed by atoms with Gasteiger partial charge in [-0.15, -0.1) is 11.3 Å². The minimum atomic E-state index is 0.0992. The van der Waals surface area contributed by atoms with Crippen LogP contribution in [0.1, 0.15) is 50.0 Å². The van der Waals surface area contributed by atoms with Crippen molar-refractivity contribution in [3.05, 3.63) is 16.1 Å². The van der Waals surface area contributed by atoms with Gasteiger partial charge >= 0.3 is 0 Å². The van der Waals surface area contributed by atoms with E-state index in [-0.39, 0.29) is 6.10 Å². The van der Waals surface area contributed by atoms with Crippen molar-refractivity contribution in [1.82, 2.24) is 10.3 Å². The smallest absolute Gasteiger partial charge is 0.122 e. The number of nitrogens with one attached hydrogen (secondary N) is 1. The number of rotatable bonds is 6. The second-order valence-electron chi connectivity index (χ2n) is 3.66. The third-order valence-electron chi connectivity index (χ3n) is 2.39. The highest BCUT2D eigenvalue weighted by Gasteiger charge is 2.12. The third kappa shape index (κ3) is 3.55. The molecule has 0 saturated carbocycles. The van der Waals surface area contributed by atoms with Crippen molar-refractivity contribution in [3.63, 3.8) is 0 Å². The summed E-state index contributed by atoms with van der Waals surface area (Å²) in [5.41, 5.74) is 1.12.